The van der Waals surface area contributed by atoms with Gasteiger partial charge in [0, 0.05) is 11.4 Å². The molecule has 0 fully saturated rings. The molecule has 0 radical (unpaired) electrons. The van der Waals surface area contributed by atoms with Crippen LogP contribution >= 0.6 is 0 Å². The highest BCUT2D eigenvalue weighted by molar-refractivity contribution is 5.93. The molecule has 0 atom stereocenters. The predicted octanol–water partition coefficient (Wildman–Crippen LogP) is 3.18. The first-order valence-corrected chi connectivity index (χ1v) is 5.99. The average Bonchev–Trinajstić information content (AvgIpc) is 2.39. The van der Waals surface area contributed by atoms with E-state index in [1.54, 1.807) is 12.1 Å². The third-order valence-electron chi connectivity index (χ3n) is 2.61. The Hall–Kier alpha value is -2.36. The lowest BCUT2D eigenvalue weighted by molar-refractivity contribution is -0.114. The number of carbonyl (C=O) groups is 1. The number of benzene rings is 2. The minimum absolute atomic E-state index is 0.0946. The van der Waals surface area contributed by atoms with Crippen LogP contribution in [0.15, 0.2) is 48.5 Å². The zero-order valence-corrected chi connectivity index (χ0v) is 10.6. The van der Waals surface area contributed by atoms with Gasteiger partial charge in [0.1, 0.15) is 5.82 Å². The molecule has 4 heteroatoms. The first-order valence-electron chi connectivity index (χ1n) is 5.99. The van der Waals surface area contributed by atoms with Gasteiger partial charge in [0.2, 0.25) is 5.91 Å². The molecule has 19 heavy (non-hydrogen) atoms. The number of hydrogen-bond acceptors (Lipinski definition) is 2. The summed E-state index contributed by atoms with van der Waals surface area (Å²) < 4.78 is 12.9. The minimum Gasteiger partial charge on any atom is -0.376 e. The largest absolute Gasteiger partial charge is 0.376 e. The molecule has 0 aliphatic carbocycles. The second-order valence-corrected chi connectivity index (χ2v) is 4.28. The third-order valence-corrected chi connectivity index (χ3v) is 2.61. The van der Waals surface area contributed by atoms with E-state index in [1.807, 2.05) is 31.2 Å². The van der Waals surface area contributed by atoms with Gasteiger partial charge in [0.05, 0.1) is 6.54 Å². The van der Waals surface area contributed by atoms with Crippen LogP contribution in [0.25, 0.3) is 0 Å². The molecule has 0 heterocycles. The van der Waals surface area contributed by atoms with Gasteiger partial charge in [0.25, 0.3) is 0 Å². The maximum Gasteiger partial charge on any atom is 0.243 e. The first-order chi connectivity index (χ1) is 9.13. The van der Waals surface area contributed by atoms with Crippen LogP contribution in [0, 0.1) is 12.7 Å². The molecule has 0 aromatic heterocycles. The van der Waals surface area contributed by atoms with E-state index in [2.05, 4.69) is 10.6 Å². The van der Waals surface area contributed by atoms with Crippen LogP contribution in [0.3, 0.4) is 0 Å². The molecule has 0 spiro atoms. The Morgan fingerprint density at radius 2 is 1.84 bits per heavy atom. The lowest BCUT2D eigenvalue weighted by Gasteiger charge is -2.08. The van der Waals surface area contributed by atoms with E-state index >= 15 is 0 Å². The fourth-order valence-corrected chi connectivity index (χ4v) is 1.62. The molecule has 2 N–H and O–H groups in total. The Kier molecular flexibility index (Phi) is 4.13. The van der Waals surface area contributed by atoms with E-state index in [4.69, 9.17) is 0 Å². The van der Waals surface area contributed by atoms with Gasteiger partial charge in [-0.1, -0.05) is 23.8 Å². The summed E-state index contributed by atoms with van der Waals surface area (Å²) in [7, 11) is 0. The van der Waals surface area contributed by atoms with Crippen LogP contribution in [0.2, 0.25) is 0 Å². The SMILES string of the molecule is Cc1ccc(NC(=O)CNc2cccc(F)c2)cc1. The van der Waals surface area contributed by atoms with Gasteiger partial charge in [0.15, 0.2) is 0 Å². The Morgan fingerprint density at radius 1 is 1.11 bits per heavy atom. The van der Waals surface area contributed by atoms with Gasteiger partial charge in [-0.05, 0) is 37.3 Å². The quantitative estimate of drug-likeness (QED) is 0.884. The highest BCUT2D eigenvalue weighted by Gasteiger charge is 2.02. The Labute approximate surface area is 111 Å². The van der Waals surface area contributed by atoms with Crippen LogP contribution in [0.4, 0.5) is 15.8 Å². The number of rotatable bonds is 4. The van der Waals surface area contributed by atoms with Gasteiger partial charge >= 0.3 is 0 Å². The maximum atomic E-state index is 12.9. The lowest BCUT2D eigenvalue weighted by Crippen LogP contribution is -2.21. The standard InChI is InChI=1S/C15H15FN2O/c1-11-5-7-13(8-6-11)18-15(19)10-17-14-4-2-3-12(16)9-14/h2-9,17H,10H2,1H3,(H,18,19). The van der Waals surface area contributed by atoms with Crippen LogP contribution in [0.5, 0.6) is 0 Å². The topological polar surface area (TPSA) is 41.1 Å². The summed E-state index contributed by atoms with van der Waals surface area (Å²) in [5.41, 5.74) is 2.46. The lowest BCUT2D eigenvalue weighted by atomic mass is 10.2. The number of amides is 1. The van der Waals surface area contributed by atoms with Crippen molar-refractivity contribution in [1.29, 1.82) is 0 Å². The van der Waals surface area contributed by atoms with Crippen LogP contribution in [-0.4, -0.2) is 12.5 Å². The van der Waals surface area contributed by atoms with Crippen LogP contribution in [0.1, 0.15) is 5.56 Å². The molecule has 0 aliphatic rings. The van der Waals surface area contributed by atoms with Crippen molar-refractivity contribution in [2.24, 2.45) is 0 Å². The molecule has 98 valence electrons. The number of hydrogen-bond donors (Lipinski definition) is 2. The highest BCUT2D eigenvalue weighted by Crippen LogP contribution is 2.10. The molecule has 2 aromatic rings. The van der Waals surface area contributed by atoms with Crippen molar-refractivity contribution >= 4 is 17.3 Å². The summed E-state index contributed by atoms with van der Waals surface area (Å²) in [6, 6.07) is 13.5. The summed E-state index contributed by atoms with van der Waals surface area (Å²) in [6.07, 6.45) is 0. The van der Waals surface area contributed by atoms with Crippen molar-refractivity contribution < 1.29 is 9.18 Å². The molecule has 2 rings (SSSR count). The van der Waals surface area contributed by atoms with Gasteiger partial charge in [-0.25, -0.2) is 4.39 Å². The first kappa shape index (κ1) is 13.1. The van der Waals surface area contributed by atoms with E-state index < -0.39 is 0 Å². The number of nitrogens with one attached hydrogen (secondary N) is 2. The van der Waals surface area contributed by atoms with Gasteiger partial charge < -0.3 is 10.6 Å². The summed E-state index contributed by atoms with van der Waals surface area (Å²) in [6.45, 7) is 2.08. The number of anilines is 2. The van der Waals surface area contributed by atoms with Crippen molar-refractivity contribution in [2.75, 3.05) is 17.2 Å². The third kappa shape index (κ3) is 4.10. The molecule has 3 nitrogen and oxygen atoms in total. The van der Waals surface area contributed by atoms with E-state index in [0.29, 0.717) is 5.69 Å². The smallest absolute Gasteiger partial charge is 0.243 e. The molecular formula is C15H15FN2O. The molecule has 0 saturated carbocycles. The molecule has 0 aliphatic heterocycles. The zero-order valence-electron chi connectivity index (χ0n) is 10.6. The number of aryl methyl sites for hydroxylation is 1. The van der Waals surface area contributed by atoms with Crippen molar-refractivity contribution in [1.82, 2.24) is 0 Å². The predicted molar refractivity (Wildman–Crippen MR) is 74.7 cm³/mol. The average molecular weight is 258 g/mol. The van der Waals surface area contributed by atoms with Gasteiger partial charge in [-0.2, -0.15) is 0 Å². The Balaban J connectivity index is 1.86. The summed E-state index contributed by atoms with van der Waals surface area (Å²) in [4.78, 5) is 11.7. The zero-order chi connectivity index (χ0) is 13.7. The van der Waals surface area contributed by atoms with Crippen molar-refractivity contribution in [3.8, 4) is 0 Å². The fourth-order valence-electron chi connectivity index (χ4n) is 1.62. The van der Waals surface area contributed by atoms with Crippen molar-refractivity contribution in [2.45, 2.75) is 6.92 Å². The molecule has 0 bridgehead atoms. The highest BCUT2D eigenvalue weighted by atomic mass is 19.1. The van der Waals surface area contributed by atoms with Gasteiger partial charge in [-0.15, -0.1) is 0 Å². The second-order valence-electron chi connectivity index (χ2n) is 4.28. The molecule has 1 amide bonds. The van der Waals surface area contributed by atoms with E-state index in [0.717, 1.165) is 11.3 Å². The number of carbonyl (C=O) groups excluding carboxylic acids is 1. The summed E-state index contributed by atoms with van der Waals surface area (Å²) >= 11 is 0. The Bertz CT molecular complexity index is 567. The molecule has 0 unspecified atom stereocenters. The molecular weight excluding hydrogens is 243 g/mol. The van der Waals surface area contributed by atoms with E-state index in [1.165, 1.54) is 12.1 Å². The van der Waals surface area contributed by atoms with E-state index in [-0.39, 0.29) is 18.3 Å². The normalized spacial score (nSPS) is 10.0. The van der Waals surface area contributed by atoms with Crippen molar-refractivity contribution in [3.05, 3.63) is 59.9 Å². The van der Waals surface area contributed by atoms with Crippen LogP contribution in [-0.2, 0) is 4.79 Å². The number of halogens is 1. The van der Waals surface area contributed by atoms with Crippen LogP contribution < -0.4 is 10.6 Å². The van der Waals surface area contributed by atoms with Crippen molar-refractivity contribution in [3.63, 3.8) is 0 Å². The van der Waals surface area contributed by atoms with E-state index in [9.17, 15) is 9.18 Å². The molecule has 2 aromatic carbocycles. The summed E-state index contributed by atoms with van der Waals surface area (Å²) in [5.74, 6) is -0.503. The summed E-state index contributed by atoms with van der Waals surface area (Å²) in [5, 5.41) is 5.62. The monoisotopic (exact) mass is 258 g/mol. The minimum atomic E-state index is -0.330. The molecule has 0 saturated heterocycles. The second kappa shape index (κ2) is 6.00. The maximum absolute atomic E-state index is 12.9. The van der Waals surface area contributed by atoms with Gasteiger partial charge in [-0.3, -0.25) is 4.79 Å². The fraction of sp³-hybridized carbons (Fsp3) is 0.133. The Morgan fingerprint density at radius 3 is 2.53 bits per heavy atom.